The Hall–Kier alpha value is -4.06. The largest absolute Gasteiger partial charge is 0.488 e. The number of rotatable bonds is 4. The lowest BCUT2D eigenvalue weighted by atomic mass is 9.95. The summed E-state index contributed by atoms with van der Waals surface area (Å²) in [6.07, 6.45) is 1.41. The van der Waals surface area contributed by atoms with Crippen molar-refractivity contribution in [3.63, 3.8) is 0 Å². The molecule has 11 heteroatoms. The quantitative estimate of drug-likeness (QED) is 0.419. The molecule has 0 saturated carbocycles. The maximum atomic E-state index is 9.41. The zero-order chi connectivity index (χ0) is 21.1. The van der Waals surface area contributed by atoms with Crippen LogP contribution in [0, 0.1) is 22.8 Å². The summed E-state index contributed by atoms with van der Waals surface area (Å²) in [5.74, 6) is 1.08. The number of pyridine rings is 1. The van der Waals surface area contributed by atoms with Crippen molar-refractivity contribution in [2.24, 2.45) is 4.99 Å². The molecule has 1 fully saturated rings. The highest BCUT2D eigenvalue weighted by Gasteiger charge is 2.30. The highest BCUT2D eigenvalue weighted by Crippen LogP contribution is 2.41. The zero-order valence-electron chi connectivity index (χ0n) is 15.8. The Kier molecular flexibility index (Phi) is 5.22. The van der Waals surface area contributed by atoms with Crippen molar-refractivity contribution in [3.8, 4) is 18.0 Å². The fourth-order valence-electron chi connectivity index (χ4n) is 3.26. The topological polar surface area (TPSA) is 177 Å². The van der Waals surface area contributed by atoms with Crippen LogP contribution in [-0.4, -0.2) is 37.1 Å². The number of hydrogen-bond acceptors (Lipinski definition) is 11. The summed E-state index contributed by atoms with van der Waals surface area (Å²) in [5, 5.41) is 23.7. The van der Waals surface area contributed by atoms with E-state index in [1.165, 1.54) is 0 Å². The van der Waals surface area contributed by atoms with E-state index in [2.05, 4.69) is 20.6 Å². The first-order chi connectivity index (χ1) is 14.6. The number of nitrogens with one attached hydrogen (secondary N) is 2. The van der Waals surface area contributed by atoms with E-state index in [1.54, 1.807) is 12.1 Å². The second-order valence-electron chi connectivity index (χ2n) is 6.46. The van der Waals surface area contributed by atoms with Crippen molar-refractivity contribution in [2.75, 3.05) is 36.6 Å². The van der Waals surface area contributed by atoms with Crippen LogP contribution in [0.5, 0.6) is 5.75 Å². The Labute approximate surface area is 171 Å². The lowest BCUT2D eigenvalue weighted by Crippen LogP contribution is -2.32. The van der Waals surface area contributed by atoms with E-state index < -0.39 is 12.3 Å². The summed E-state index contributed by atoms with van der Waals surface area (Å²) in [4.78, 5) is 8.76. The molecule has 2 aromatic rings. The first kappa shape index (κ1) is 19.3. The molecular weight excluding hydrogens is 388 g/mol. The van der Waals surface area contributed by atoms with Gasteiger partial charge in [-0.1, -0.05) is 12.1 Å². The minimum atomic E-state index is -0.639. The van der Waals surface area contributed by atoms with Crippen molar-refractivity contribution < 1.29 is 14.2 Å². The van der Waals surface area contributed by atoms with Gasteiger partial charge in [0, 0.05) is 5.56 Å². The molecule has 0 spiro atoms. The van der Waals surface area contributed by atoms with Gasteiger partial charge >= 0.3 is 0 Å². The van der Waals surface area contributed by atoms with E-state index >= 15 is 0 Å². The van der Waals surface area contributed by atoms with Crippen LogP contribution in [0.4, 0.5) is 17.3 Å². The van der Waals surface area contributed by atoms with Gasteiger partial charge in [0.05, 0.1) is 18.9 Å². The van der Waals surface area contributed by atoms with Gasteiger partial charge in [0.25, 0.3) is 0 Å². The molecule has 152 valence electrons. The van der Waals surface area contributed by atoms with Crippen LogP contribution in [0.25, 0.3) is 0 Å². The van der Waals surface area contributed by atoms with E-state index in [1.807, 2.05) is 24.4 Å². The summed E-state index contributed by atoms with van der Waals surface area (Å²) in [6, 6.07) is 8.57. The van der Waals surface area contributed by atoms with E-state index in [9.17, 15) is 5.26 Å². The number of benzene rings is 1. The lowest BCUT2D eigenvalue weighted by molar-refractivity contribution is -0.0684. The Morgan fingerprint density at radius 2 is 2.07 bits per heavy atom. The number of nitrogens with zero attached hydrogens (tertiary/aromatic N) is 4. The van der Waals surface area contributed by atoms with Gasteiger partial charge in [0.15, 0.2) is 12.5 Å². The average Bonchev–Trinajstić information content (AvgIpc) is 3.26. The normalized spacial score (nSPS) is 17.8. The Morgan fingerprint density at radius 1 is 1.27 bits per heavy atom. The number of anilines is 3. The average molecular weight is 406 g/mol. The number of fused-ring (bicyclic) bond motifs is 1. The Bertz CT molecular complexity index is 1080. The minimum absolute atomic E-state index is 0.00754. The maximum absolute atomic E-state index is 9.41. The lowest BCUT2D eigenvalue weighted by Gasteiger charge is -2.26. The van der Waals surface area contributed by atoms with Crippen LogP contribution in [-0.2, 0) is 9.47 Å². The summed E-state index contributed by atoms with van der Waals surface area (Å²) < 4.78 is 16.5. The molecule has 4 rings (SSSR count). The standard InChI is InChI=1S/C19H18N8O3/c20-7-12-15(22)14-16(25-19(24-9-21)27-18(14)26-17(12)23)10-2-1-3-11(6-10)30-8-13-28-4-5-29-13/h1-3,6,13,16H,4-5,8H2,(H6,22,23,24,25,26,27). The Balaban J connectivity index is 1.71. The zero-order valence-corrected chi connectivity index (χ0v) is 15.8. The van der Waals surface area contributed by atoms with Crippen molar-refractivity contribution in [1.82, 2.24) is 10.3 Å². The van der Waals surface area contributed by atoms with Crippen molar-refractivity contribution in [1.29, 1.82) is 10.5 Å². The number of nitriles is 2. The van der Waals surface area contributed by atoms with Crippen molar-refractivity contribution >= 4 is 23.3 Å². The number of aromatic nitrogens is 1. The Morgan fingerprint density at radius 3 is 2.80 bits per heavy atom. The van der Waals surface area contributed by atoms with Crippen LogP contribution in [0.15, 0.2) is 29.3 Å². The molecule has 1 saturated heterocycles. The molecule has 1 aromatic carbocycles. The molecule has 1 atom stereocenters. The van der Waals surface area contributed by atoms with Gasteiger partial charge in [-0.05, 0) is 17.7 Å². The third kappa shape index (κ3) is 3.63. The van der Waals surface area contributed by atoms with Crippen LogP contribution in [0.2, 0.25) is 0 Å². The molecule has 0 amide bonds. The highest BCUT2D eigenvalue weighted by molar-refractivity contribution is 5.98. The number of guanidine groups is 1. The third-order valence-corrected chi connectivity index (χ3v) is 4.61. The van der Waals surface area contributed by atoms with Crippen LogP contribution < -0.4 is 26.8 Å². The van der Waals surface area contributed by atoms with Gasteiger partial charge in [-0.3, -0.25) is 5.32 Å². The molecule has 3 heterocycles. The van der Waals surface area contributed by atoms with Crippen LogP contribution >= 0.6 is 0 Å². The smallest absolute Gasteiger partial charge is 0.211 e. The predicted molar refractivity (Wildman–Crippen MR) is 107 cm³/mol. The molecule has 1 aromatic heterocycles. The van der Waals surface area contributed by atoms with Crippen LogP contribution in [0.3, 0.4) is 0 Å². The van der Waals surface area contributed by atoms with Crippen molar-refractivity contribution in [2.45, 2.75) is 12.3 Å². The third-order valence-electron chi connectivity index (χ3n) is 4.61. The number of nitrogens with two attached hydrogens (primary N) is 2. The first-order valence-electron chi connectivity index (χ1n) is 9.05. The van der Waals surface area contributed by atoms with Gasteiger partial charge in [-0.2, -0.15) is 10.5 Å². The second-order valence-corrected chi connectivity index (χ2v) is 6.46. The summed E-state index contributed by atoms with van der Waals surface area (Å²) in [7, 11) is 0. The van der Waals surface area contributed by atoms with Gasteiger partial charge in [-0.15, -0.1) is 0 Å². The molecule has 0 radical (unpaired) electrons. The van der Waals surface area contributed by atoms with Crippen molar-refractivity contribution in [3.05, 3.63) is 41.0 Å². The molecular formula is C19H18N8O3. The fourth-order valence-corrected chi connectivity index (χ4v) is 3.26. The highest BCUT2D eigenvalue weighted by atomic mass is 16.7. The van der Waals surface area contributed by atoms with Crippen LogP contribution in [0.1, 0.15) is 22.7 Å². The molecule has 30 heavy (non-hydrogen) atoms. The SMILES string of the molecule is N#CNC1=NC(c2cccc(OCC3OCCO3)c2)c2c(nc(N)c(C#N)c2N)N1. The number of aliphatic imine (C=N–C) groups is 1. The van der Waals surface area contributed by atoms with E-state index in [0.29, 0.717) is 30.3 Å². The van der Waals surface area contributed by atoms with Gasteiger partial charge in [-0.25, -0.2) is 9.98 Å². The summed E-state index contributed by atoms with van der Waals surface area (Å²) >= 11 is 0. The summed E-state index contributed by atoms with van der Waals surface area (Å²) in [6.45, 7) is 1.33. The number of ether oxygens (including phenoxy) is 3. The molecule has 2 aliphatic rings. The fraction of sp³-hybridized carbons (Fsp3) is 0.263. The molecule has 0 bridgehead atoms. The van der Waals surface area contributed by atoms with Gasteiger partial charge in [0.1, 0.15) is 41.7 Å². The van der Waals surface area contributed by atoms with Gasteiger partial charge < -0.3 is 31.0 Å². The number of hydrogen-bond donors (Lipinski definition) is 4. The van der Waals surface area contributed by atoms with E-state index in [-0.39, 0.29) is 29.6 Å². The van der Waals surface area contributed by atoms with E-state index in [0.717, 1.165) is 5.56 Å². The summed E-state index contributed by atoms with van der Waals surface area (Å²) in [5.41, 5.74) is 13.6. The maximum Gasteiger partial charge on any atom is 0.211 e. The second kappa shape index (κ2) is 8.13. The molecule has 1 unspecified atom stereocenters. The monoisotopic (exact) mass is 406 g/mol. The first-order valence-corrected chi connectivity index (χ1v) is 9.05. The number of nitrogen functional groups attached to an aromatic ring is 2. The molecule has 6 N–H and O–H groups in total. The molecule has 0 aliphatic carbocycles. The minimum Gasteiger partial charge on any atom is -0.488 e. The molecule has 11 nitrogen and oxygen atoms in total. The van der Waals surface area contributed by atoms with Gasteiger partial charge in [0.2, 0.25) is 5.96 Å². The molecule has 2 aliphatic heterocycles. The predicted octanol–water partition coefficient (Wildman–Crippen LogP) is 0.811. The van der Waals surface area contributed by atoms with E-state index in [4.69, 9.17) is 30.9 Å².